The van der Waals surface area contributed by atoms with Crippen molar-refractivity contribution in [3.8, 4) is 0 Å². The molecule has 4 fully saturated rings. The Kier molecular flexibility index (Phi) is 6.33. The van der Waals surface area contributed by atoms with Gasteiger partial charge in [0.1, 0.15) is 6.61 Å². The number of esters is 1. The van der Waals surface area contributed by atoms with E-state index in [1.54, 1.807) is 6.08 Å². The number of ether oxygens (including phenoxy) is 1. The van der Waals surface area contributed by atoms with Crippen LogP contribution in [0.25, 0.3) is 6.08 Å². The van der Waals surface area contributed by atoms with Crippen molar-refractivity contribution in [3.05, 3.63) is 77.4 Å². The molecule has 1 N–H and O–H groups in total. The van der Waals surface area contributed by atoms with E-state index in [2.05, 4.69) is 5.32 Å². The monoisotopic (exact) mass is 457 g/mol. The van der Waals surface area contributed by atoms with Gasteiger partial charge in [0, 0.05) is 12.1 Å². The maximum Gasteiger partial charge on any atom is 0.331 e. The van der Waals surface area contributed by atoms with Crippen LogP contribution in [-0.4, -0.2) is 17.9 Å². The molecule has 0 aromatic heterocycles. The van der Waals surface area contributed by atoms with Gasteiger partial charge in [0.2, 0.25) is 5.91 Å². The molecule has 0 aliphatic heterocycles. The molecule has 0 radical (unpaired) electrons. The number of rotatable bonds is 7. The molecule has 4 heteroatoms. The number of nitrogens with one attached hydrogen (secondary N) is 1. The fourth-order valence-electron chi connectivity index (χ4n) is 6.60. The van der Waals surface area contributed by atoms with Gasteiger partial charge in [0.05, 0.1) is 5.41 Å². The van der Waals surface area contributed by atoms with Crippen molar-refractivity contribution in [2.24, 2.45) is 23.7 Å². The highest BCUT2D eigenvalue weighted by Crippen LogP contribution is 2.53. The summed E-state index contributed by atoms with van der Waals surface area (Å²) in [5.41, 5.74) is 2.14. The number of carbonyl (C=O) groups excluding carboxylic acids is 2. The molecule has 0 heterocycles. The number of hydrogen-bond acceptors (Lipinski definition) is 3. The molecule has 4 nitrogen and oxygen atoms in total. The number of carbonyl (C=O) groups is 2. The maximum absolute atomic E-state index is 13.5. The number of benzene rings is 2. The van der Waals surface area contributed by atoms with Crippen LogP contribution >= 0.6 is 0 Å². The molecule has 2 aromatic carbocycles. The zero-order valence-corrected chi connectivity index (χ0v) is 20.2. The van der Waals surface area contributed by atoms with Crippen LogP contribution in [0.15, 0.2) is 60.7 Å². The first kappa shape index (κ1) is 22.9. The highest BCUT2D eigenvalue weighted by Gasteiger charge is 2.49. The molecule has 2 aromatic rings. The van der Waals surface area contributed by atoms with Gasteiger partial charge in [-0.3, -0.25) is 4.79 Å². The third-order valence-electron chi connectivity index (χ3n) is 8.34. The van der Waals surface area contributed by atoms with Gasteiger partial charge in [0.15, 0.2) is 0 Å². The van der Waals surface area contributed by atoms with Crippen LogP contribution in [0.4, 0.5) is 0 Å². The van der Waals surface area contributed by atoms with Gasteiger partial charge < -0.3 is 10.1 Å². The van der Waals surface area contributed by atoms with E-state index in [0.29, 0.717) is 17.9 Å². The van der Waals surface area contributed by atoms with Gasteiger partial charge in [-0.1, -0.05) is 54.6 Å². The Balaban J connectivity index is 1.21. The van der Waals surface area contributed by atoms with Crippen LogP contribution in [0.1, 0.15) is 62.6 Å². The van der Waals surface area contributed by atoms with E-state index in [4.69, 9.17) is 4.74 Å². The molecule has 0 saturated heterocycles. The fraction of sp³-hybridized carbons (Fsp3) is 0.467. The van der Waals surface area contributed by atoms with Crippen molar-refractivity contribution < 1.29 is 14.3 Å². The summed E-state index contributed by atoms with van der Waals surface area (Å²) in [5.74, 6) is 2.83. The second kappa shape index (κ2) is 9.40. The van der Waals surface area contributed by atoms with E-state index in [0.717, 1.165) is 28.5 Å². The van der Waals surface area contributed by atoms with E-state index < -0.39 is 5.41 Å². The van der Waals surface area contributed by atoms with Gasteiger partial charge in [0.25, 0.3) is 0 Å². The molecule has 0 spiro atoms. The molecule has 4 saturated carbocycles. The maximum atomic E-state index is 13.5. The molecular formula is C30H35NO3. The van der Waals surface area contributed by atoms with E-state index in [1.165, 1.54) is 38.2 Å². The summed E-state index contributed by atoms with van der Waals surface area (Å²) >= 11 is 0. The Hall–Kier alpha value is -2.88. The normalized spacial score (nSPS) is 27.6. The molecule has 4 aliphatic carbocycles. The third kappa shape index (κ3) is 4.82. The summed E-state index contributed by atoms with van der Waals surface area (Å²) in [6, 6.07) is 17.9. The minimum Gasteiger partial charge on any atom is -0.458 e. The zero-order valence-electron chi connectivity index (χ0n) is 20.2. The number of hydrogen-bond donors (Lipinski definition) is 1. The largest absolute Gasteiger partial charge is 0.458 e. The highest BCUT2D eigenvalue weighted by atomic mass is 16.5. The Morgan fingerprint density at radius 1 is 0.941 bits per heavy atom. The Morgan fingerprint density at radius 3 is 2.29 bits per heavy atom. The summed E-state index contributed by atoms with van der Waals surface area (Å²) in [5, 5.41) is 3.47. The Morgan fingerprint density at radius 2 is 1.62 bits per heavy atom. The quantitative estimate of drug-likeness (QED) is 0.431. The average Bonchev–Trinajstić information content (AvgIpc) is 2.84. The average molecular weight is 458 g/mol. The van der Waals surface area contributed by atoms with Crippen molar-refractivity contribution >= 4 is 18.0 Å². The van der Waals surface area contributed by atoms with Crippen molar-refractivity contribution in [1.29, 1.82) is 0 Å². The zero-order chi connectivity index (χ0) is 23.7. The van der Waals surface area contributed by atoms with Gasteiger partial charge in [-0.2, -0.15) is 0 Å². The predicted octanol–water partition coefficient (Wildman–Crippen LogP) is 5.66. The van der Waals surface area contributed by atoms with Crippen LogP contribution in [0.5, 0.6) is 0 Å². The molecule has 0 atom stereocenters. The van der Waals surface area contributed by atoms with E-state index in [9.17, 15) is 9.59 Å². The molecule has 1 amide bonds. The van der Waals surface area contributed by atoms with Crippen molar-refractivity contribution in [2.45, 2.75) is 64.0 Å². The topological polar surface area (TPSA) is 55.4 Å². The smallest absolute Gasteiger partial charge is 0.331 e. The summed E-state index contributed by atoms with van der Waals surface area (Å²) in [7, 11) is 0. The van der Waals surface area contributed by atoms with E-state index >= 15 is 0 Å². The van der Waals surface area contributed by atoms with E-state index in [-0.39, 0.29) is 18.5 Å². The molecular weight excluding hydrogens is 422 g/mol. The summed E-state index contributed by atoms with van der Waals surface area (Å²) < 4.78 is 5.33. The minimum absolute atomic E-state index is 0.105. The second-order valence-electron chi connectivity index (χ2n) is 11.1. The van der Waals surface area contributed by atoms with Gasteiger partial charge in [-0.25, -0.2) is 4.79 Å². The summed E-state index contributed by atoms with van der Waals surface area (Å²) in [4.78, 5) is 25.6. The molecule has 4 aliphatic rings. The highest BCUT2D eigenvalue weighted by molar-refractivity contribution is 5.89. The molecule has 34 heavy (non-hydrogen) atoms. The van der Waals surface area contributed by atoms with Crippen molar-refractivity contribution in [1.82, 2.24) is 5.32 Å². The molecule has 178 valence electrons. The van der Waals surface area contributed by atoms with Crippen LogP contribution in [-0.2, 0) is 26.3 Å². The van der Waals surface area contributed by atoms with E-state index in [1.807, 2.05) is 68.4 Å². The first-order valence-corrected chi connectivity index (χ1v) is 12.7. The van der Waals surface area contributed by atoms with Crippen LogP contribution in [0, 0.1) is 23.7 Å². The first-order valence-electron chi connectivity index (χ1n) is 12.7. The predicted molar refractivity (Wildman–Crippen MR) is 134 cm³/mol. The molecule has 4 bridgehead atoms. The lowest BCUT2D eigenvalue weighted by Gasteiger charge is -2.54. The lowest BCUT2D eigenvalue weighted by atomic mass is 9.54. The van der Waals surface area contributed by atoms with Gasteiger partial charge >= 0.3 is 5.97 Å². The SMILES string of the molecule is CC(C)(C(=O)NC1C2CC3CC(C2)CC1C3)c1cccc(C=CC(=O)OCc2ccccc2)c1. The Labute approximate surface area is 202 Å². The van der Waals surface area contributed by atoms with Crippen LogP contribution in [0.3, 0.4) is 0 Å². The Bertz CT molecular complexity index is 1040. The molecule has 6 rings (SSSR count). The second-order valence-corrected chi connectivity index (χ2v) is 11.1. The lowest BCUT2D eigenvalue weighted by Crippen LogP contribution is -2.58. The third-order valence-corrected chi connectivity index (χ3v) is 8.34. The van der Waals surface area contributed by atoms with Gasteiger partial charge in [-0.05, 0) is 92.4 Å². The fourth-order valence-corrected chi connectivity index (χ4v) is 6.60. The lowest BCUT2D eigenvalue weighted by molar-refractivity contribution is -0.139. The van der Waals surface area contributed by atoms with Gasteiger partial charge in [-0.15, -0.1) is 0 Å². The van der Waals surface area contributed by atoms with Crippen LogP contribution in [0.2, 0.25) is 0 Å². The van der Waals surface area contributed by atoms with Crippen LogP contribution < -0.4 is 5.32 Å². The molecule has 0 unspecified atom stereocenters. The first-order chi connectivity index (χ1) is 16.4. The summed E-state index contributed by atoms with van der Waals surface area (Å²) in [6.45, 7) is 4.24. The number of amides is 1. The minimum atomic E-state index is -0.646. The van der Waals surface area contributed by atoms with Crippen molar-refractivity contribution in [2.75, 3.05) is 0 Å². The van der Waals surface area contributed by atoms with Crippen molar-refractivity contribution in [3.63, 3.8) is 0 Å². The summed E-state index contributed by atoms with van der Waals surface area (Å²) in [6.07, 6.45) is 9.78. The standard InChI is InChI=1S/C30H35NO3/c1-30(2,29(33)31-28-24-14-22-13-23(16-24)17-25(28)15-22)26-10-6-9-20(18-26)11-12-27(32)34-19-21-7-4-3-5-8-21/h3-12,18,22-25,28H,13-17,19H2,1-2H3,(H,31,33).